The van der Waals surface area contributed by atoms with Gasteiger partial charge in [0.1, 0.15) is 5.54 Å². The zero-order valence-electron chi connectivity index (χ0n) is 13.3. The number of quaternary nitrogens is 1. The molecule has 19 heavy (non-hydrogen) atoms. The summed E-state index contributed by atoms with van der Waals surface area (Å²) in [7, 11) is 2.55. The molecule has 2 aliphatic heterocycles. The molecule has 0 N–H and O–H groups in total. The molecule has 2 heterocycles. The largest absolute Gasteiger partial charge is 0.318 e. The first-order valence-corrected chi connectivity index (χ1v) is 8.65. The van der Waals surface area contributed by atoms with E-state index >= 15 is 0 Å². The van der Waals surface area contributed by atoms with Crippen molar-refractivity contribution in [2.45, 2.75) is 77.2 Å². The van der Waals surface area contributed by atoms with Crippen LogP contribution in [0.25, 0.3) is 0 Å². The average molecular weight is 262 g/mol. The number of nitrogens with zero attached hydrogens (tertiary/aromatic N) is 1. The first kappa shape index (κ1) is 13.7. The van der Waals surface area contributed by atoms with Gasteiger partial charge in [0.05, 0.1) is 20.1 Å². The van der Waals surface area contributed by atoms with Crippen molar-refractivity contribution in [3.05, 3.63) is 11.1 Å². The lowest BCUT2D eigenvalue weighted by Gasteiger charge is -2.57. The van der Waals surface area contributed by atoms with Crippen LogP contribution in [0.15, 0.2) is 11.1 Å². The van der Waals surface area contributed by atoms with E-state index in [0.29, 0.717) is 5.54 Å². The molecule has 1 aliphatic carbocycles. The van der Waals surface area contributed by atoms with Crippen molar-refractivity contribution in [2.24, 2.45) is 5.92 Å². The van der Waals surface area contributed by atoms with Crippen molar-refractivity contribution >= 4 is 0 Å². The van der Waals surface area contributed by atoms with Gasteiger partial charge in [-0.1, -0.05) is 25.3 Å². The Morgan fingerprint density at radius 1 is 1.21 bits per heavy atom. The van der Waals surface area contributed by atoms with E-state index in [-0.39, 0.29) is 0 Å². The summed E-state index contributed by atoms with van der Waals surface area (Å²) >= 11 is 0. The number of rotatable bonds is 3. The topological polar surface area (TPSA) is 0 Å². The highest BCUT2D eigenvalue weighted by molar-refractivity contribution is 5.30. The Kier molecular flexibility index (Phi) is 3.53. The smallest absolute Gasteiger partial charge is 0.118 e. The summed E-state index contributed by atoms with van der Waals surface area (Å²) in [4.78, 5) is 0. The highest BCUT2D eigenvalue weighted by Crippen LogP contribution is 2.51. The van der Waals surface area contributed by atoms with Gasteiger partial charge in [-0.25, -0.2) is 0 Å². The normalized spacial score (nSPS) is 42.2. The van der Waals surface area contributed by atoms with Crippen LogP contribution in [-0.4, -0.2) is 30.2 Å². The fraction of sp³-hybridized carbons (Fsp3) is 0.889. The second kappa shape index (κ2) is 4.91. The predicted molar refractivity (Wildman–Crippen MR) is 82.1 cm³/mol. The summed E-state index contributed by atoms with van der Waals surface area (Å²) in [5, 5.41) is 0. The highest BCUT2D eigenvalue weighted by atomic mass is 15.4. The van der Waals surface area contributed by atoms with E-state index in [1.165, 1.54) is 75.4 Å². The maximum atomic E-state index is 2.62. The molecule has 0 bridgehead atoms. The zero-order valence-corrected chi connectivity index (χ0v) is 13.3. The molecular formula is C18H32N+. The summed E-state index contributed by atoms with van der Waals surface area (Å²) in [6.45, 7) is 7.80. The van der Waals surface area contributed by atoms with Gasteiger partial charge in [0.25, 0.3) is 0 Å². The molecule has 0 amide bonds. The molecule has 0 aromatic carbocycles. The van der Waals surface area contributed by atoms with Crippen LogP contribution in [0, 0.1) is 5.92 Å². The first-order valence-electron chi connectivity index (χ1n) is 8.65. The minimum Gasteiger partial charge on any atom is -0.318 e. The summed E-state index contributed by atoms with van der Waals surface area (Å²) in [5.74, 6) is 1.00. The molecule has 1 nitrogen and oxygen atoms in total. The number of hydrogen-bond donors (Lipinski definition) is 0. The average Bonchev–Trinajstić information content (AvgIpc) is 2.87. The molecule has 3 unspecified atom stereocenters. The molecule has 1 saturated heterocycles. The van der Waals surface area contributed by atoms with Gasteiger partial charge in [-0.3, -0.25) is 0 Å². The van der Waals surface area contributed by atoms with Crippen LogP contribution in [0.1, 0.15) is 71.6 Å². The minimum absolute atomic E-state index is 0.501. The lowest BCUT2D eigenvalue weighted by Crippen LogP contribution is -2.67. The van der Waals surface area contributed by atoms with Gasteiger partial charge in [0.2, 0.25) is 0 Å². The SMILES string of the molecule is CCCCC1CC[N+]2(C)CCC3=C(CCC3)C2(C)C1. The summed E-state index contributed by atoms with van der Waals surface area (Å²) in [5.41, 5.74) is 4.28. The molecule has 3 rings (SSSR count). The van der Waals surface area contributed by atoms with Gasteiger partial charge in [-0.15, -0.1) is 0 Å². The van der Waals surface area contributed by atoms with Gasteiger partial charge in [0, 0.05) is 12.8 Å². The Hall–Kier alpha value is -0.300. The van der Waals surface area contributed by atoms with Gasteiger partial charge < -0.3 is 4.48 Å². The summed E-state index contributed by atoms with van der Waals surface area (Å²) < 4.78 is 1.36. The van der Waals surface area contributed by atoms with E-state index in [2.05, 4.69) is 20.9 Å². The van der Waals surface area contributed by atoms with Crippen LogP contribution in [0.3, 0.4) is 0 Å². The van der Waals surface area contributed by atoms with Crippen molar-refractivity contribution in [3.8, 4) is 0 Å². The Morgan fingerprint density at radius 2 is 2.05 bits per heavy atom. The molecule has 108 valence electrons. The third kappa shape index (κ3) is 2.09. The minimum atomic E-state index is 0.501. The van der Waals surface area contributed by atoms with E-state index in [4.69, 9.17) is 0 Å². The van der Waals surface area contributed by atoms with E-state index in [0.717, 1.165) is 5.92 Å². The molecule has 3 aliphatic rings. The lowest BCUT2D eigenvalue weighted by molar-refractivity contribution is -0.959. The van der Waals surface area contributed by atoms with E-state index in [1.54, 1.807) is 0 Å². The van der Waals surface area contributed by atoms with Gasteiger partial charge in [-0.2, -0.15) is 0 Å². The van der Waals surface area contributed by atoms with Crippen LogP contribution < -0.4 is 0 Å². The highest BCUT2D eigenvalue weighted by Gasteiger charge is 2.54. The van der Waals surface area contributed by atoms with Crippen LogP contribution in [0.5, 0.6) is 0 Å². The van der Waals surface area contributed by atoms with Crippen molar-refractivity contribution in [1.82, 2.24) is 0 Å². The lowest BCUT2D eigenvalue weighted by atomic mass is 9.70. The number of unbranched alkanes of at least 4 members (excludes halogenated alkanes) is 1. The summed E-state index contributed by atoms with van der Waals surface area (Å²) in [6, 6.07) is 0. The Morgan fingerprint density at radius 3 is 2.84 bits per heavy atom. The summed E-state index contributed by atoms with van der Waals surface area (Å²) in [6.07, 6.45) is 12.9. The second-order valence-electron chi connectivity index (χ2n) is 7.80. The monoisotopic (exact) mass is 262 g/mol. The Bertz CT molecular complexity index is 383. The quantitative estimate of drug-likeness (QED) is 0.512. The third-order valence-corrected chi connectivity index (χ3v) is 6.76. The van der Waals surface area contributed by atoms with E-state index < -0.39 is 0 Å². The van der Waals surface area contributed by atoms with Crippen LogP contribution in [0.2, 0.25) is 0 Å². The maximum absolute atomic E-state index is 2.62. The molecule has 1 fully saturated rings. The number of hydrogen-bond acceptors (Lipinski definition) is 0. The zero-order chi connectivity index (χ0) is 13.5. The number of likely N-dealkylation sites (N-methyl/N-ethyl adjacent to an activating group) is 1. The van der Waals surface area contributed by atoms with Gasteiger partial charge in [-0.05, 0) is 50.5 Å². The Labute approximate surface area is 119 Å². The molecule has 0 spiro atoms. The van der Waals surface area contributed by atoms with Crippen molar-refractivity contribution in [3.63, 3.8) is 0 Å². The second-order valence-corrected chi connectivity index (χ2v) is 7.80. The maximum Gasteiger partial charge on any atom is 0.118 e. The number of piperidine rings is 1. The number of fused-ring (bicyclic) bond motifs is 2. The molecular weight excluding hydrogens is 230 g/mol. The van der Waals surface area contributed by atoms with Gasteiger partial charge >= 0.3 is 0 Å². The fourth-order valence-electron chi connectivity index (χ4n) is 5.26. The molecule has 0 saturated carbocycles. The molecule has 3 atom stereocenters. The molecule has 1 heteroatoms. The van der Waals surface area contributed by atoms with Crippen LogP contribution in [0.4, 0.5) is 0 Å². The van der Waals surface area contributed by atoms with E-state index in [9.17, 15) is 0 Å². The molecule has 0 aromatic heterocycles. The van der Waals surface area contributed by atoms with Crippen LogP contribution in [-0.2, 0) is 0 Å². The fourth-order valence-corrected chi connectivity index (χ4v) is 5.26. The van der Waals surface area contributed by atoms with Crippen LogP contribution >= 0.6 is 0 Å². The van der Waals surface area contributed by atoms with Crippen molar-refractivity contribution in [2.75, 3.05) is 20.1 Å². The first-order chi connectivity index (χ1) is 9.09. The molecule has 0 radical (unpaired) electrons. The van der Waals surface area contributed by atoms with Crippen molar-refractivity contribution < 1.29 is 4.48 Å². The molecule has 0 aromatic rings. The standard InChI is InChI=1S/C18H32N/c1-4-5-7-15-10-12-19(3)13-11-16-8-6-9-17(16)18(19,2)14-15/h15H,4-14H2,1-3H3/q+1. The predicted octanol–water partition coefficient (Wildman–Crippen LogP) is 4.68. The van der Waals surface area contributed by atoms with E-state index in [1.807, 2.05) is 11.1 Å². The van der Waals surface area contributed by atoms with Crippen molar-refractivity contribution in [1.29, 1.82) is 0 Å². The third-order valence-electron chi connectivity index (χ3n) is 6.76. The Balaban J connectivity index is 1.85. The van der Waals surface area contributed by atoms with Gasteiger partial charge in [0.15, 0.2) is 0 Å².